The number of nitrogens with one attached hydrogen (secondary N) is 1. The monoisotopic (exact) mass is 243 g/mol. The first-order valence-corrected chi connectivity index (χ1v) is 5.53. The molecule has 1 aromatic rings. The van der Waals surface area contributed by atoms with Crippen molar-refractivity contribution in [2.24, 2.45) is 0 Å². The van der Waals surface area contributed by atoms with Crippen molar-refractivity contribution in [2.75, 3.05) is 11.9 Å². The Balaban J connectivity index is 2.43. The van der Waals surface area contributed by atoms with Gasteiger partial charge in [0, 0.05) is 0 Å². The van der Waals surface area contributed by atoms with E-state index in [2.05, 4.69) is 5.32 Å². The zero-order chi connectivity index (χ0) is 12.7. The van der Waals surface area contributed by atoms with Gasteiger partial charge in [0.2, 0.25) is 0 Å². The molecule has 0 saturated carbocycles. The van der Waals surface area contributed by atoms with Crippen LogP contribution in [0.2, 0.25) is 0 Å². The molecule has 1 N–H and O–H groups in total. The second-order valence-electron chi connectivity index (χ2n) is 3.57. The highest BCUT2D eigenvalue weighted by Crippen LogP contribution is 2.16. The molecule has 0 aliphatic carbocycles. The summed E-state index contributed by atoms with van der Waals surface area (Å²) in [5, 5.41) is 2.15. The maximum Gasteiger partial charge on any atom is 0.411 e. The molecule has 0 aliphatic heterocycles. The topological polar surface area (TPSA) is 38.3 Å². The minimum atomic E-state index is -1.09. The van der Waals surface area contributed by atoms with Crippen LogP contribution in [0.15, 0.2) is 18.2 Å². The molecule has 0 atom stereocenters. The third-order valence-corrected chi connectivity index (χ3v) is 2.17. The lowest BCUT2D eigenvalue weighted by atomic mass is 10.3. The van der Waals surface area contributed by atoms with Crippen molar-refractivity contribution in [2.45, 2.75) is 26.2 Å². The van der Waals surface area contributed by atoms with E-state index in [9.17, 15) is 13.6 Å². The van der Waals surface area contributed by atoms with E-state index in [-0.39, 0.29) is 12.3 Å². The number of hydrogen-bond acceptors (Lipinski definition) is 2. The molecule has 94 valence electrons. The summed E-state index contributed by atoms with van der Waals surface area (Å²) in [6, 6.07) is 3.56. The largest absolute Gasteiger partial charge is 0.449 e. The molecule has 1 rings (SSSR count). The first-order valence-electron chi connectivity index (χ1n) is 5.53. The molecule has 0 bridgehead atoms. The molecule has 1 aromatic carbocycles. The number of carbonyl (C=O) groups excluding carboxylic acids is 1. The number of hydrogen-bond donors (Lipinski definition) is 1. The molecule has 0 fully saturated rings. The zero-order valence-electron chi connectivity index (χ0n) is 9.63. The maximum atomic E-state index is 13.2. The fourth-order valence-corrected chi connectivity index (χ4v) is 1.26. The molecule has 0 spiro atoms. The van der Waals surface area contributed by atoms with E-state index in [1.165, 1.54) is 12.1 Å². The van der Waals surface area contributed by atoms with Crippen molar-refractivity contribution in [1.29, 1.82) is 0 Å². The van der Waals surface area contributed by atoms with E-state index in [1.807, 2.05) is 6.92 Å². The molecule has 0 unspecified atom stereocenters. The van der Waals surface area contributed by atoms with Crippen LogP contribution in [0.4, 0.5) is 19.3 Å². The lowest BCUT2D eigenvalue weighted by Gasteiger charge is -2.07. The van der Waals surface area contributed by atoms with Crippen molar-refractivity contribution < 1.29 is 18.3 Å². The number of unbranched alkanes of at least 4 members (excludes halogenated alkanes) is 2. The number of rotatable bonds is 5. The predicted octanol–water partition coefficient (Wildman–Crippen LogP) is 3.70. The first kappa shape index (κ1) is 13.4. The fourth-order valence-electron chi connectivity index (χ4n) is 1.26. The molecular weight excluding hydrogens is 228 g/mol. The highest BCUT2D eigenvalue weighted by atomic mass is 19.2. The minimum Gasteiger partial charge on any atom is -0.449 e. The third-order valence-electron chi connectivity index (χ3n) is 2.17. The van der Waals surface area contributed by atoms with Crippen molar-refractivity contribution in [3.05, 3.63) is 29.8 Å². The van der Waals surface area contributed by atoms with Gasteiger partial charge in [0.25, 0.3) is 0 Å². The molecular formula is C12H15F2NO2. The van der Waals surface area contributed by atoms with Gasteiger partial charge in [0.1, 0.15) is 0 Å². The van der Waals surface area contributed by atoms with E-state index < -0.39 is 17.7 Å². The van der Waals surface area contributed by atoms with E-state index in [0.29, 0.717) is 0 Å². The lowest BCUT2D eigenvalue weighted by molar-refractivity contribution is 0.159. The maximum absolute atomic E-state index is 13.2. The second kappa shape index (κ2) is 6.83. The molecule has 0 aliphatic rings. The average Bonchev–Trinajstić information content (AvgIpc) is 2.31. The quantitative estimate of drug-likeness (QED) is 0.801. The highest BCUT2D eigenvalue weighted by Gasteiger charge is 2.10. The summed E-state index contributed by atoms with van der Waals surface area (Å²) in [4.78, 5) is 11.2. The Morgan fingerprint density at radius 1 is 1.35 bits per heavy atom. The van der Waals surface area contributed by atoms with Crippen molar-refractivity contribution in [1.82, 2.24) is 0 Å². The van der Waals surface area contributed by atoms with Crippen LogP contribution in [0, 0.1) is 11.6 Å². The van der Waals surface area contributed by atoms with Gasteiger partial charge in [-0.05, 0) is 18.6 Å². The van der Waals surface area contributed by atoms with Crippen LogP contribution in [-0.4, -0.2) is 12.7 Å². The van der Waals surface area contributed by atoms with Crippen molar-refractivity contribution in [3.63, 3.8) is 0 Å². The van der Waals surface area contributed by atoms with Gasteiger partial charge < -0.3 is 4.74 Å². The van der Waals surface area contributed by atoms with Crippen LogP contribution in [0.3, 0.4) is 0 Å². The Labute approximate surface area is 98.8 Å². The molecule has 1 amide bonds. The molecule has 5 heteroatoms. The van der Waals surface area contributed by atoms with Crippen LogP contribution >= 0.6 is 0 Å². The first-order chi connectivity index (χ1) is 8.15. The summed E-state index contributed by atoms with van der Waals surface area (Å²) in [5.41, 5.74) is -0.217. The second-order valence-corrected chi connectivity index (χ2v) is 3.57. The van der Waals surface area contributed by atoms with Gasteiger partial charge in [0.05, 0.1) is 12.3 Å². The van der Waals surface area contributed by atoms with E-state index in [4.69, 9.17) is 4.74 Å². The van der Waals surface area contributed by atoms with Gasteiger partial charge in [0.15, 0.2) is 11.6 Å². The van der Waals surface area contributed by atoms with Crippen LogP contribution < -0.4 is 5.32 Å². The average molecular weight is 243 g/mol. The van der Waals surface area contributed by atoms with Crippen LogP contribution in [0.25, 0.3) is 0 Å². The van der Waals surface area contributed by atoms with Crippen LogP contribution in [-0.2, 0) is 4.74 Å². The van der Waals surface area contributed by atoms with E-state index in [1.54, 1.807) is 0 Å². The fraction of sp³-hybridized carbons (Fsp3) is 0.417. The number of ether oxygens (including phenoxy) is 1. The van der Waals surface area contributed by atoms with Gasteiger partial charge in [-0.2, -0.15) is 0 Å². The van der Waals surface area contributed by atoms with Gasteiger partial charge in [-0.15, -0.1) is 0 Å². The van der Waals surface area contributed by atoms with Gasteiger partial charge in [-0.1, -0.05) is 25.8 Å². The van der Waals surface area contributed by atoms with Crippen molar-refractivity contribution in [3.8, 4) is 0 Å². The van der Waals surface area contributed by atoms with Gasteiger partial charge in [-0.25, -0.2) is 13.6 Å². The Morgan fingerprint density at radius 3 is 2.82 bits per heavy atom. The van der Waals surface area contributed by atoms with E-state index >= 15 is 0 Å². The van der Waals surface area contributed by atoms with Gasteiger partial charge >= 0.3 is 6.09 Å². The van der Waals surface area contributed by atoms with Crippen molar-refractivity contribution >= 4 is 11.8 Å². The Morgan fingerprint density at radius 2 is 2.12 bits per heavy atom. The minimum absolute atomic E-state index is 0.217. The smallest absolute Gasteiger partial charge is 0.411 e. The SMILES string of the molecule is CCCCCOC(=O)Nc1cccc(F)c1F. The number of halogens is 2. The number of anilines is 1. The summed E-state index contributed by atoms with van der Waals surface area (Å²) in [5.74, 6) is -2.09. The zero-order valence-corrected chi connectivity index (χ0v) is 9.63. The number of amides is 1. The normalized spacial score (nSPS) is 10.1. The summed E-state index contributed by atoms with van der Waals surface area (Å²) >= 11 is 0. The summed E-state index contributed by atoms with van der Waals surface area (Å²) in [6.07, 6.45) is 1.96. The summed E-state index contributed by atoms with van der Waals surface area (Å²) in [7, 11) is 0. The predicted molar refractivity (Wildman–Crippen MR) is 60.9 cm³/mol. The summed E-state index contributed by atoms with van der Waals surface area (Å²) in [6.45, 7) is 2.30. The molecule has 0 aromatic heterocycles. The standard InChI is InChI=1S/C12H15F2NO2/c1-2-3-4-8-17-12(16)15-10-7-5-6-9(13)11(10)14/h5-7H,2-4,8H2,1H3,(H,15,16). The van der Waals surface area contributed by atoms with Crippen LogP contribution in [0.1, 0.15) is 26.2 Å². The number of carbonyl (C=O) groups is 1. The molecule has 0 radical (unpaired) electrons. The number of benzene rings is 1. The molecule has 3 nitrogen and oxygen atoms in total. The highest BCUT2D eigenvalue weighted by molar-refractivity contribution is 5.84. The lowest BCUT2D eigenvalue weighted by Crippen LogP contribution is -2.15. The summed E-state index contributed by atoms with van der Waals surface area (Å²) < 4.78 is 30.8. The molecule has 17 heavy (non-hydrogen) atoms. The van der Waals surface area contributed by atoms with Crippen LogP contribution in [0.5, 0.6) is 0 Å². The van der Waals surface area contributed by atoms with Gasteiger partial charge in [-0.3, -0.25) is 5.32 Å². The molecule has 0 heterocycles. The van der Waals surface area contributed by atoms with E-state index in [0.717, 1.165) is 25.3 Å². The Kier molecular flexibility index (Phi) is 5.39. The molecule has 0 saturated heterocycles. The Hall–Kier alpha value is -1.65. The third kappa shape index (κ3) is 4.38. The Bertz CT molecular complexity index is 383.